The fourth-order valence-electron chi connectivity index (χ4n) is 2.00. The molecule has 0 spiro atoms. The smallest absolute Gasteiger partial charge is 0.0712 e. The van der Waals surface area contributed by atoms with Crippen LogP contribution in [-0.2, 0) is 0 Å². The fourth-order valence-corrected chi connectivity index (χ4v) is 2.00. The van der Waals surface area contributed by atoms with Gasteiger partial charge in [0.15, 0.2) is 0 Å². The van der Waals surface area contributed by atoms with Crippen LogP contribution in [0.5, 0.6) is 0 Å². The van der Waals surface area contributed by atoms with E-state index in [1.807, 2.05) is 30.5 Å². The van der Waals surface area contributed by atoms with Crippen molar-refractivity contribution in [3.05, 3.63) is 73.1 Å². The zero-order valence-corrected chi connectivity index (χ0v) is 9.35. The quantitative estimate of drug-likeness (QED) is 0.665. The first-order valence-electron chi connectivity index (χ1n) is 5.65. The highest BCUT2D eigenvalue weighted by molar-refractivity contribution is 5.82. The Hall–Kier alpha value is -2.28. The van der Waals surface area contributed by atoms with E-state index in [1.54, 1.807) is 0 Å². The highest BCUT2D eigenvalue weighted by atomic mass is 14.6. The van der Waals surface area contributed by atoms with E-state index in [1.165, 1.54) is 16.7 Å². The Labute approximate surface area is 101 Å². The highest BCUT2D eigenvalue weighted by Gasteiger charge is 2.07. The minimum atomic E-state index is 1.12. The number of hydrogen-bond donors (Lipinski definition) is 1. The molecular weight excluding hydrogens is 206 g/mol. The number of aromatic nitrogens is 1. The standard InChI is InChI=1S/C16H12N/c1-3-7-13(8-4-1)15-11-17-12-16(15)14-9-5-2-6-10-14/h1-11,17H. The van der Waals surface area contributed by atoms with Crippen LogP contribution in [0.2, 0.25) is 0 Å². The molecule has 0 aliphatic heterocycles. The normalized spacial score (nSPS) is 10.4. The van der Waals surface area contributed by atoms with Gasteiger partial charge in [-0.05, 0) is 11.1 Å². The van der Waals surface area contributed by atoms with Crippen molar-refractivity contribution in [1.29, 1.82) is 0 Å². The molecule has 0 unspecified atom stereocenters. The molecule has 1 radical (unpaired) electrons. The van der Waals surface area contributed by atoms with Crippen molar-refractivity contribution < 1.29 is 0 Å². The molecule has 1 nitrogen and oxygen atoms in total. The predicted molar refractivity (Wildman–Crippen MR) is 70.5 cm³/mol. The van der Waals surface area contributed by atoms with Crippen LogP contribution >= 0.6 is 0 Å². The van der Waals surface area contributed by atoms with Gasteiger partial charge in [0, 0.05) is 17.3 Å². The average molecular weight is 218 g/mol. The summed E-state index contributed by atoms with van der Waals surface area (Å²) in [7, 11) is 0. The summed E-state index contributed by atoms with van der Waals surface area (Å²) in [6.07, 6.45) is 5.19. The second-order valence-corrected chi connectivity index (χ2v) is 3.93. The molecule has 17 heavy (non-hydrogen) atoms. The summed E-state index contributed by atoms with van der Waals surface area (Å²) in [6, 6.07) is 20.7. The van der Waals surface area contributed by atoms with Crippen molar-refractivity contribution in [3.8, 4) is 22.3 Å². The molecule has 3 aromatic rings. The summed E-state index contributed by atoms with van der Waals surface area (Å²) in [5.41, 5.74) is 4.71. The van der Waals surface area contributed by atoms with E-state index >= 15 is 0 Å². The van der Waals surface area contributed by atoms with Crippen LogP contribution in [0.1, 0.15) is 0 Å². The van der Waals surface area contributed by atoms with Crippen molar-refractivity contribution in [2.24, 2.45) is 0 Å². The Bertz CT molecular complexity index is 540. The van der Waals surface area contributed by atoms with Crippen LogP contribution in [0.25, 0.3) is 22.3 Å². The van der Waals surface area contributed by atoms with Gasteiger partial charge in [0.1, 0.15) is 0 Å². The molecule has 0 atom stereocenters. The van der Waals surface area contributed by atoms with Crippen LogP contribution in [0.4, 0.5) is 0 Å². The van der Waals surface area contributed by atoms with Crippen LogP contribution in [0, 0.1) is 6.20 Å². The lowest BCUT2D eigenvalue weighted by Gasteiger charge is -2.03. The maximum absolute atomic E-state index is 3.20. The maximum atomic E-state index is 3.20. The first-order chi connectivity index (χ1) is 8.45. The largest absolute Gasteiger partial charge is 0.359 e. The number of H-pyrrole nitrogens is 1. The molecule has 1 heteroatoms. The van der Waals surface area contributed by atoms with Gasteiger partial charge in [-0.2, -0.15) is 0 Å². The van der Waals surface area contributed by atoms with Gasteiger partial charge in [-0.15, -0.1) is 0 Å². The van der Waals surface area contributed by atoms with Gasteiger partial charge >= 0.3 is 0 Å². The average Bonchev–Trinajstić information content (AvgIpc) is 2.90. The number of aromatic amines is 1. The fraction of sp³-hybridized carbons (Fsp3) is 0. The van der Waals surface area contributed by atoms with Crippen LogP contribution in [0.3, 0.4) is 0 Å². The van der Waals surface area contributed by atoms with Gasteiger partial charge in [-0.25, -0.2) is 0 Å². The van der Waals surface area contributed by atoms with E-state index in [-0.39, 0.29) is 0 Å². The lowest BCUT2D eigenvalue weighted by atomic mass is 9.99. The zero-order valence-electron chi connectivity index (χ0n) is 9.35. The van der Waals surface area contributed by atoms with E-state index in [0.717, 1.165) is 5.56 Å². The third kappa shape index (κ3) is 1.87. The zero-order chi connectivity index (χ0) is 11.5. The molecule has 0 amide bonds. The van der Waals surface area contributed by atoms with Gasteiger partial charge in [0.2, 0.25) is 0 Å². The highest BCUT2D eigenvalue weighted by Crippen LogP contribution is 2.30. The third-order valence-corrected chi connectivity index (χ3v) is 2.83. The SMILES string of the molecule is [c]1[nH]cc(-c2ccccc2)c1-c1ccccc1. The van der Waals surface area contributed by atoms with E-state index in [9.17, 15) is 0 Å². The van der Waals surface area contributed by atoms with E-state index in [2.05, 4.69) is 47.6 Å². The van der Waals surface area contributed by atoms with Crippen LogP contribution in [0.15, 0.2) is 66.9 Å². The molecule has 3 rings (SSSR count). The summed E-state index contributed by atoms with van der Waals surface area (Å²) >= 11 is 0. The van der Waals surface area contributed by atoms with E-state index in [4.69, 9.17) is 0 Å². The van der Waals surface area contributed by atoms with Crippen molar-refractivity contribution in [2.45, 2.75) is 0 Å². The van der Waals surface area contributed by atoms with Crippen molar-refractivity contribution in [3.63, 3.8) is 0 Å². The number of benzene rings is 2. The van der Waals surface area contributed by atoms with Gasteiger partial charge in [0.25, 0.3) is 0 Å². The topological polar surface area (TPSA) is 15.8 Å². The first kappa shape index (κ1) is 9.91. The predicted octanol–water partition coefficient (Wildman–Crippen LogP) is 4.15. The molecule has 1 aromatic heterocycles. The Balaban J connectivity index is 2.13. The first-order valence-corrected chi connectivity index (χ1v) is 5.65. The Morgan fingerprint density at radius 1 is 0.706 bits per heavy atom. The summed E-state index contributed by atoms with van der Waals surface area (Å²) in [5, 5.41) is 0. The van der Waals surface area contributed by atoms with Crippen molar-refractivity contribution >= 4 is 0 Å². The van der Waals surface area contributed by atoms with Gasteiger partial charge < -0.3 is 4.98 Å². The van der Waals surface area contributed by atoms with Crippen molar-refractivity contribution in [2.75, 3.05) is 0 Å². The third-order valence-electron chi connectivity index (χ3n) is 2.83. The molecule has 0 saturated carbocycles. The molecule has 0 bridgehead atoms. The molecule has 0 aliphatic carbocycles. The van der Waals surface area contributed by atoms with Crippen LogP contribution in [-0.4, -0.2) is 4.98 Å². The molecular formula is C16H12N. The van der Waals surface area contributed by atoms with Gasteiger partial charge in [0.05, 0.1) is 6.20 Å². The minimum absolute atomic E-state index is 1.12. The summed E-state index contributed by atoms with van der Waals surface area (Å²) < 4.78 is 0. The summed E-state index contributed by atoms with van der Waals surface area (Å²) in [5.74, 6) is 0. The molecule has 0 saturated heterocycles. The molecule has 2 aromatic carbocycles. The molecule has 81 valence electrons. The lowest BCUT2D eigenvalue weighted by molar-refractivity contribution is 1.40. The molecule has 0 aliphatic rings. The minimum Gasteiger partial charge on any atom is -0.359 e. The second-order valence-electron chi connectivity index (χ2n) is 3.93. The van der Waals surface area contributed by atoms with E-state index in [0.29, 0.717) is 0 Å². The van der Waals surface area contributed by atoms with E-state index < -0.39 is 0 Å². The Kier molecular flexibility index (Phi) is 2.51. The Morgan fingerprint density at radius 2 is 1.29 bits per heavy atom. The number of nitrogens with one attached hydrogen (secondary N) is 1. The van der Waals surface area contributed by atoms with Crippen LogP contribution < -0.4 is 0 Å². The molecule has 0 fully saturated rings. The summed E-state index contributed by atoms with van der Waals surface area (Å²) in [4.78, 5) is 3.07. The number of hydrogen-bond acceptors (Lipinski definition) is 0. The van der Waals surface area contributed by atoms with Gasteiger partial charge in [-0.3, -0.25) is 0 Å². The maximum Gasteiger partial charge on any atom is 0.0712 e. The number of rotatable bonds is 2. The lowest BCUT2D eigenvalue weighted by Crippen LogP contribution is -1.79. The monoisotopic (exact) mass is 218 g/mol. The van der Waals surface area contributed by atoms with Gasteiger partial charge in [-0.1, -0.05) is 60.7 Å². The Morgan fingerprint density at radius 3 is 1.94 bits per heavy atom. The molecule has 1 N–H and O–H groups in total. The molecule has 1 heterocycles. The second kappa shape index (κ2) is 4.30. The van der Waals surface area contributed by atoms with Crippen molar-refractivity contribution in [1.82, 2.24) is 4.98 Å². The summed E-state index contributed by atoms with van der Waals surface area (Å²) in [6.45, 7) is 0.